The van der Waals surface area contributed by atoms with Gasteiger partial charge in [-0.3, -0.25) is 9.69 Å². The summed E-state index contributed by atoms with van der Waals surface area (Å²) in [5.74, 6) is 0.901. The summed E-state index contributed by atoms with van der Waals surface area (Å²) in [6.07, 6.45) is 2.93. The van der Waals surface area contributed by atoms with Gasteiger partial charge in [-0.05, 0) is 44.9 Å². The van der Waals surface area contributed by atoms with E-state index in [1.807, 2.05) is 18.2 Å². The maximum absolute atomic E-state index is 12.7. The highest BCUT2D eigenvalue weighted by Crippen LogP contribution is 2.60. The van der Waals surface area contributed by atoms with Gasteiger partial charge in [-0.1, -0.05) is 18.2 Å². The highest BCUT2D eigenvalue weighted by atomic mass is 16.5. The molecule has 128 valence electrons. The molecule has 4 nitrogen and oxygen atoms in total. The molecule has 3 aliphatic rings. The molecule has 1 saturated heterocycles. The third kappa shape index (κ3) is 1.73. The Morgan fingerprint density at radius 2 is 2.25 bits per heavy atom. The van der Waals surface area contributed by atoms with Gasteiger partial charge >= 0.3 is 0 Å². The molecule has 2 aliphatic heterocycles. The van der Waals surface area contributed by atoms with Crippen molar-refractivity contribution in [3.63, 3.8) is 0 Å². The van der Waals surface area contributed by atoms with Crippen molar-refractivity contribution in [2.45, 2.75) is 56.3 Å². The fraction of sp³-hybridized carbons (Fsp3) is 0.550. The van der Waals surface area contributed by atoms with Crippen molar-refractivity contribution in [3.05, 3.63) is 42.0 Å². The maximum atomic E-state index is 12.7. The number of Topliss-reactive ketones (excluding diaryl/α,β-unsaturated/α-hetero) is 1. The van der Waals surface area contributed by atoms with Crippen LogP contribution in [0.15, 0.2) is 30.9 Å². The smallest absolute Gasteiger partial charge is 0.174 e. The van der Waals surface area contributed by atoms with Crippen molar-refractivity contribution >= 4 is 5.78 Å². The Hall–Kier alpha value is -1.65. The Kier molecular flexibility index (Phi) is 3.42. The summed E-state index contributed by atoms with van der Waals surface area (Å²) in [7, 11) is 0. The molecule has 2 fully saturated rings. The second-order valence-electron chi connectivity index (χ2n) is 7.52. The van der Waals surface area contributed by atoms with Crippen molar-refractivity contribution in [2.24, 2.45) is 0 Å². The molecular weight excluding hydrogens is 302 g/mol. The van der Waals surface area contributed by atoms with Crippen LogP contribution in [0, 0.1) is 6.92 Å². The first-order valence-electron chi connectivity index (χ1n) is 8.82. The number of benzene rings is 1. The van der Waals surface area contributed by atoms with E-state index in [-0.39, 0.29) is 11.8 Å². The van der Waals surface area contributed by atoms with Gasteiger partial charge in [-0.2, -0.15) is 0 Å². The highest BCUT2D eigenvalue weighted by molar-refractivity contribution is 5.89. The summed E-state index contributed by atoms with van der Waals surface area (Å²) in [6.45, 7) is 9.55. The van der Waals surface area contributed by atoms with Gasteiger partial charge in [0.25, 0.3) is 0 Å². The summed E-state index contributed by atoms with van der Waals surface area (Å²) >= 11 is 0. The fourth-order valence-electron chi connectivity index (χ4n) is 5.41. The molecule has 4 atom stereocenters. The number of nitrogens with zero attached hydrogens (tertiary/aromatic N) is 1. The van der Waals surface area contributed by atoms with E-state index in [1.165, 1.54) is 0 Å². The second kappa shape index (κ2) is 5.17. The van der Waals surface area contributed by atoms with Crippen molar-refractivity contribution in [3.8, 4) is 5.75 Å². The van der Waals surface area contributed by atoms with Crippen LogP contribution in [0.25, 0.3) is 0 Å². The van der Waals surface area contributed by atoms with Crippen LogP contribution in [0.3, 0.4) is 0 Å². The molecule has 1 saturated carbocycles. The summed E-state index contributed by atoms with van der Waals surface area (Å²) in [6, 6.07) is 5.90. The van der Waals surface area contributed by atoms with Gasteiger partial charge in [0.1, 0.15) is 5.75 Å². The average molecular weight is 327 g/mol. The number of hydrogen-bond acceptors (Lipinski definition) is 4. The van der Waals surface area contributed by atoms with E-state index in [9.17, 15) is 9.90 Å². The molecule has 2 heterocycles. The van der Waals surface area contributed by atoms with E-state index in [2.05, 4.69) is 31.4 Å². The Balaban J connectivity index is 1.92. The number of carbonyl (C=O) groups excluding carboxylic acids is 1. The van der Waals surface area contributed by atoms with Crippen LogP contribution in [-0.4, -0.2) is 46.6 Å². The number of aryl methyl sites for hydroxylation is 1. The molecule has 4 rings (SSSR count). The Morgan fingerprint density at radius 1 is 1.46 bits per heavy atom. The van der Waals surface area contributed by atoms with Gasteiger partial charge in [0.05, 0.1) is 11.0 Å². The molecule has 4 heteroatoms. The van der Waals surface area contributed by atoms with Crippen molar-refractivity contribution in [2.75, 3.05) is 13.1 Å². The zero-order valence-electron chi connectivity index (χ0n) is 14.4. The number of aliphatic hydroxyl groups is 1. The maximum Gasteiger partial charge on any atom is 0.174 e. The molecular formula is C20H25NO3. The predicted molar refractivity (Wildman–Crippen MR) is 92.3 cm³/mol. The van der Waals surface area contributed by atoms with Gasteiger partial charge < -0.3 is 9.84 Å². The minimum absolute atomic E-state index is 0.0472. The molecule has 0 radical (unpaired) electrons. The first-order valence-corrected chi connectivity index (χ1v) is 8.82. The van der Waals surface area contributed by atoms with E-state index in [0.29, 0.717) is 12.8 Å². The lowest BCUT2D eigenvalue weighted by atomic mass is 9.52. The minimum atomic E-state index is -0.968. The molecule has 1 aliphatic carbocycles. The monoisotopic (exact) mass is 327 g/mol. The van der Waals surface area contributed by atoms with E-state index >= 15 is 0 Å². The van der Waals surface area contributed by atoms with Crippen LogP contribution in [0.2, 0.25) is 0 Å². The third-order valence-electron chi connectivity index (χ3n) is 6.59. The average Bonchev–Trinajstić information content (AvgIpc) is 2.91. The van der Waals surface area contributed by atoms with Crippen LogP contribution >= 0.6 is 0 Å². The number of piperidine rings is 1. The van der Waals surface area contributed by atoms with Crippen molar-refractivity contribution in [1.29, 1.82) is 0 Å². The van der Waals surface area contributed by atoms with Crippen LogP contribution in [-0.2, 0) is 10.2 Å². The van der Waals surface area contributed by atoms with E-state index in [0.717, 1.165) is 36.4 Å². The number of carbonyl (C=O) groups is 1. The molecule has 1 aromatic carbocycles. The Morgan fingerprint density at radius 3 is 3.00 bits per heavy atom. The normalized spacial score (nSPS) is 38.0. The summed E-state index contributed by atoms with van der Waals surface area (Å²) in [5.41, 5.74) is 0.563. The Bertz CT molecular complexity index is 715. The SMILES string of the molecule is C=CCN1CC[C@]23c4c(C)cccc4O[C@H]2C(=O)CC[C@@]3(O)[C@H]1C. The van der Waals surface area contributed by atoms with Gasteiger partial charge in [0.2, 0.25) is 0 Å². The lowest BCUT2D eigenvalue weighted by Gasteiger charge is -2.59. The largest absolute Gasteiger partial charge is 0.481 e. The van der Waals surface area contributed by atoms with E-state index in [1.54, 1.807) is 0 Å². The lowest BCUT2D eigenvalue weighted by Crippen LogP contribution is -2.73. The van der Waals surface area contributed by atoms with E-state index in [4.69, 9.17) is 4.74 Å². The standard InChI is InChI=1S/C20H25NO3/c1-4-11-21-12-10-19-17-13(2)6-5-7-16(17)24-18(19)15(22)8-9-20(19,23)14(21)3/h4-7,14,18,23H,1,8-12H2,2-3H3/t14-,18+,19+,20-/m1/s1. The second-order valence-corrected chi connectivity index (χ2v) is 7.52. The van der Waals surface area contributed by atoms with Crippen molar-refractivity contribution in [1.82, 2.24) is 4.90 Å². The Labute approximate surface area is 143 Å². The molecule has 1 N–H and O–H groups in total. The summed E-state index contributed by atoms with van der Waals surface area (Å²) in [4.78, 5) is 15.0. The van der Waals surface area contributed by atoms with Crippen LogP contribution in [0.1, 0.15) is 37.3 Å². The van der Waals surface area contributed by atoms with Crippen LogP contribution < -0.4 is 4.74 Å². The van der Waals surface area contributed by atoms with E-state index < -0.39 is 17.1 Å². The van der Waals surface area contributed by atoms with Crippen LogP contribution in [0.4, 0.5) is 0 Å². The van der Waals surface area contributed by atoms with Gasteiger partial charge in [0.15, 0.2) is 11.9 Å². The topological polar surface area (TPSA) is 49.8 Å². The molecule has 0 aromatic heterocycles. The number of hydrogen-bond donors (Lipinski definition) is 1. The zero-order chi connectivity index (χ0) is 17.1. The zero-order valence-corrected chi connectivity index (χ0v) is 14.4. The van der Waals surface area contributed by atoms with Gasteiger partial charge in [0, 0.05) is 24.6 Å². The molecule has 0 amide bonds. The van der Waals surface area contributed by atoms with Crippen LogP contribution in [0.5, 0.6) is 5.75 Å². The van der Waals surface area contributed by atoms with Crippen molar-refractivity contribution < 1.29 is 14.6 Å². The lowest BCUT2D eigenvalue weighted by molar-refractivity contribution is -0.180. The molecule has 0 unspecified atom stereocenters. The third-order valence-corrected chi connectivity index (χ3v) is 6.59. The number of rotatable bonds is 2. The predicted octanol–water partition coefficient (Wildman–Crippen LogP) is 2.37. The van der Waals surface area contributed by atoms with Gasteiger partial charge in [-0.15, -0.1) is 6.58 Å². The summed E-state index contributed by atoms with van der Waals surface area (Å²) in [5, 5.41) is 11.9. The first kappa shape index (κ1) is 15.9. The molecule has 1 aromatic rings. The number of fused-ring (bicyclic) bond motifs is 1. The summed E-state index contributed by atoms with van der Waals surface area (Å²) < 4.78 is 6.12. The molecule has 0 bridgehead atoms. The molecule has 1 spiro atoms. The first-order chi connectivity index (χ1) is 11.5. The minimum Gasteiger partial charge on any atom is -0.481 e. The highest BCUT2D eigenvalue weighted by Gasteiger charge is 2.69. The fourth-order valence-corrected chi connectivity index (χ4v) is 5.41. The number of ketones is 1. The molecule has 24 heavy (non-hydrogen) atoms. The number of ether oxygens (including phenoxy) is 1. The van der Waals surface area contributed by atoms with Gasteiger partial charge in [-0.25, -0.2) is 0 Å². The number of likely N-dealkylation sites (tertiary alicyclic amines) is 1. The quantitative estimate of drug-likeness (QED) is 0.847.